The Balaban J connectivity index is 1.43. The second-order valence-corrected chi connectivity index (χ2v) is 10.7. The first kappa shape index (κ1) is 26.3. The van der Waals surface area contributed by atoms with Gasteiger partial charge in [0.1, 0.15) is 54.6 Å². The molecule has 34 heavy (non-hydrogen) atoms. The summed E-state index contributed by atoms with van der Waals surface area (Å²) in [5.41, 5.74) is -1.35. The number of carbonyl (C=O) groups is 1. The third kappa shape index (κ3) is 4.02. The molecule has 12 nitrogen and oxygen atoms in total. The molecule has 4 fully saturated rings. The monoisotopic (exact) mass is 492 g/mol. The van der Waals surface area contributed by atoms with Crippen molar-refractivity contribution in [3.05, 3.63) is 0 Å². The largest absolute Gasteiger partial charge is 0.394 e. The number of hydrogen-bond acceptors (Lipinski definition) is 12. The molecule has 2 bridgehead atoms. The van der Waals surface area contributed by atoms with E-state index in [0.29, 0.717) is 6.42 Å². The zero-order valence-corrected chi connectivity index (χ0v) is 19.4. The standard InChI is InChI=1S/C22H36O12/c1-21(2)8-4-5-22(3,20(21)30)17(8)34-19-16(29)14(27)12(25)10(33-19)7-31-18-15(28)13(26)11(24)9(6-23)32-18/h8-19,23-29H,4-7H2,1-3H3/t8-,9-,10-,11-,12-,13+,14+,15-,16-,17+,18-,19+,22+/m1/s1. The van der Waals surface area contributed by atoms with Crippen molar-refractivity contribution in [1.82, 2.24) is 0 Å². The van der Waals surface area contributed by atoms with Crippen molar-refractivity contribution in [3.63, 3.8) is 0 Å². The Kier molecular flexibility index (Phi) is 7.17. The van der Waals surface area contributed by atoms with Gasteiger partial charge < -0.3 is 54.7 Å². The molecule has 0 aromatic heterocycles. The van der Waals surface area contributed by atoms with Crippen LogP contribution in [0.15, 0.2) is 0 Å². The highest BCUT2D eigenvalue weighted by atomic mass is 16.7. The lowest BCUT2D eigenvalue weighted by Gasteiger charge is -2.43. The van der Waals surface area contributed by atoms with Gasteiger partial charge in [-0.25, -0.2) is 0 Å². The van der Waals surface area contributed by atoms with E-state index in [1.807, 2.05) is 20.8 Å². The smallest absolute Gasteiger partial charge is 0.187 e. The summed E-state index contributed by atoms with van der Waals surface area (Å²) in [6.07, 6.45) is -14.0. The van der Waals surface area contributed by atoms with Crippen LogP contribution < -0.4 is 0 Å². The molecule has 12 heteroatoms. The molecular weight excluding hydrogens is 456 g/mol. The van der Waals surface area contributed by atoms with Crippen LogP contribution in [-0.2, 0) is 23.7 Å². The number of carbonyl (C=O) groups excluding carboxylic acids is 1. The second kappa shape index (κ2) is 9.27. The van der Waals surface area contributed by atoms with Crippen LogP contribution in [-0.4, -0.2) is 122 Å². The fraction of sp³-hybridized carbons (Fsp3) is 0.955. The molecule has 0 spiro atoms. The van der Waals surface area contributed by atoms with Crippen molar-refractivity contribution in [2.24, 2.45) is 16.7 Å². The summed E-state index contributed by atoms with van der Waals surface area (Å²) in [6, 6.07) is 0. The maximum Gasteiger partial charge on any atom is 0.187 e. The Morgan fingerprint density at radius 2 is 1.41 bits per heavy atom. The van der Waals surface area contributed by atoms with E-state index >= 15 is 0 Å². The Labute approximate surface area is 197 Å². The molecule has 4 rings (SSSR count). The molecule has 0 unspecified atom stereocenters. The molecule has 7 N–H and O–H groups in total. The molecule has 0 aromatic rings. The summed E-state index contributed by atoms with van der Waals surface area (Å²) >= 11 is 0. The van der Waals surface area contributed by atoms with Gasteiger partial charge in [0.15, 0.2) is 12.6 Å². The highest BCUT2D eigenvalue weighted by Gasteiger charge is 2.67. The van der Waals surface area contributed by atoms with Crippen LogP contribution in [0.1, 0.15) is 33.6 Å². The van der Waals surface area contributed by atoms with Gasteiger partial charge in [0.05, 0.1) is 24.7 Å². The maximum atomic E-state index is 12.9. The molecule has 2 saturated heterocycles. The lowest BCUT2D eigenvalue weighted by Crippen LogP contribution is -2.62. The van der Waals surface area contributed by atoms with Crippen LogP contribution >= 0.6 is 0 Å². The maximum absolute atomic E-state index is 12.9. The minimum absolute atomic E-state index is 0.0784. The van der Waals surface area contributed by atoms with E-state index in [1.54, 1.807) is 0 Å². The van der Waals surface area contributed by atoms with E-state index in [-0.39, 0.29) is 11.7 Å². The first-order valence-electron chi connectivity index (χ1n) is 11.7. The molecule has 196 valence electrons. The van der Waals surface area contributed by atoms with Crippen molar-refractivity contribution < 1.29 is 59.5 Å². The van der Waals surface area contributed by atoms with E-state index < -0.39 is 91.6 Å². The molecule has 2 saturated carbocycles. The highest BCUT2D eigenvalue weighted by molar-refractivity contribution is 5.94. The molecule has 0 amide bonds. The lowest BCUT2D eigenvalue weighted by molar-refractivity contribution is -0.339. The number of hydrogen-bond donors (Lipinski definition) is 7. The van der Waals surface area contributed by atoms with Crippen LogP contribution in [0.5, 0.6) is 0 Å². The van der Waals surface area contributed by atoms with E-state index in [2.05, 4.69) is 0 Å². The molecule has 4 aliphatic rings. The number of aliphatic hydroxyl groups excluding tert-OH is 7. The zero-order valence-electron chi connectivity index (χ0n) is 19.4. The van der Waals surface area contributed by atoms with Gasteiger partial charge in [0.2, 0.25) is 0 Å². The van der Waals surface area contributed by atoms with Crippen molar-refractivity contribution in [2.45, 2.75) is 101 Å². The third-order valence-electron chi connectivity index (χ3n) is 8.22. The number of fused-ring (bicyclic) bond motifs is 2. The first-order valence-corrected chi connectivity index (χ1v) is 11.7. The van der Waals surface area contributed by atoms with Gasteiger partial charge in [-0.05, 0) is 18.8 Å². The molecule has 2 aliphatic carbocycles. The average molecular weight is 493 g/mol. The summed E-state index contributed by atoms with van der Waals surface area (Å²) in [5.74, 6) is -0.0109. The predicted octanol–water partition coefficient (Wildman–Crippen LogP) is -2.98. The van der Waals surface area contributed by atoms with Gasteiger partial charge in [-0.3, -0.25) is 4.79 Å². The Morgan fingerprint density at radius 1 is 0.853 bits per heavy atom. The predicted molar refractivity (Wildman–Crippen MR) is 111 cm³/mol. The molecule has 13 atom stereocenters. The number of ether oxygens (including phenoxy) is 4. The Morgan fingerprint density at radius 3 is 1.97 bits per heavy atom. The van der Waals surface area contributed by atoms with E-state index in [0.717, 1.165) is 6.42 Å². The van der Waals surface area contributed by atoms with Crippen molar-refractivity contribution in [2.75, 3.05) is 13.2 Å². The number of aliphatic hydroxyl groups is 7. The van der Waals surface area contributed by atoms with Crippen LogP contribution in [0.25, 0.3) is 0 Å². The third-order valence-corrected chi connectivity index (χ3v) is 8.22. The first-order chi connectivity index (χ1) is 15.8. The Hall–Kier alpha value is -0.770. The van der Waals surface area contributed by atoms with Crippen LogP contribution in [0, 0.1) is 16.7 Å². The minimum atomic E-state index is -1.65. The topological polar surface area (TPSA) is 196 Å². The van der Waals surface area contributed by atoms with Crippen molar-refractivity contribution >= 4 is 5.78 Å². The normalized spacial score (nSPS) is 52.8. The zero-order chi connectivity index (χ0) is 25.2. The van der Waals surface area contributed by atoms with E-state index in [9.17, 15) is 40.5 Å². The van der Waals surface area contributed by atoms with Crippen molar-refractivity contribution in [3.8, 4) is 0 Å². The highest BCUT2D eigenvalue weighted by Crippen LogP contribution is 2.61. The molecule has 2 aliphatic heterocycles. The summed E-state index contributed by atoms with van der Waals surface area (Å²) in [6.45, 7) is 4.49. The Bertz CT molecular complexity index is 760. The second-order valence-electron chi connectivity index (χ2n) is 10.7. The van der Waals surface area contributed by atoms with Crippen LogP contribution in [0.4, 0.5) is 0 Å². The van der Waals surface area contributed by atoms with Gasteiger partial charge >= 0.3 is 0 Å². The molecule has 0 aromatic carbocycles. The average Bonchev–Trinajstić information content (AvgIpc) is 3.20. The minimum Gasteiger partial charge on any atom is -0.394 e. The number of Topliss-reactive ketones (excluding diaryl/α,β-unsaturated/α-hetero) is 1. The SMILES string of the molecule is CC1(C)C(=O)[C@@]2(C)CC[C@@H]1[C@@H]2O[C@@H]1O[C@H](CO[C@@H]2O[C@H](CO)[C@@H](O)[C@H](O)[C@H]2O)[C@@H](O)[C@H](O)[C@H]1O. The van der Waals surface area contributed by atoms with Gasteiger partial charge in [-0.15, -0.1) is 0 Å². The van der Waals surface area contributed by atoms with Crippen LogP contribution in [0.3, 0.4) is 0 Å². The fourth-order valence-electron chi connectivity index (χ4n) is 6.03. The van der Waals surface area contributed by atoms with Crippen LogP contribution in [0.2, 0.25) is 0 Å². The summed E-state index contributed by atoms with van der Waals surface area (Å²) in [7, 11) is 0. The van der Waals surface area contributed by atoms with E-state index in [1.165, 1.54) is 0 Å². The lowest BCUT2D eigenvalue weighted by atomic mass is 9.72. The van der Waals surface area contributed by atoms with Gasteiger partial charge in [-0.1, -0.05) is 20.8 Å². The van der Waals surface area contributed by atoms with E-state index in [4.69, 9.17) is 18.9 Å². The quantitative estimate of drug-likeness (QED) is 0.199. The summed E-state index contributed by atoms with van der Waals surface area (Å²) in [5, 5.41) is 70.5. The summed E-state index contributed by atoms with van der Waals surface area (Å²) < 4.78 is 22.5. The molecule has 2 heterocycles. The van der Waals surface area contributed by atoms with Gasteiger partial charge in [0, 0.05) is 5.41 Å². The number of ketones is 1. The summed E-state index contributed by atoms with van der Waals surface area (Å²) in [4.78, 5) is 12.9. The molecular formula is C22H36O12. The van der Waals surface area contributed by atoms with Gasteiger partial charge in [-0.2, -0.15) is 0 Å². The fourth-order valence-corrected chi connectivity index (χ4v) is 6.03. The van der Waals surface area contributed by atoms with Gasteiger partial charge in [0.25, 0.3) is 0 Å². The van der Waals surface area contributed by atoms with Crippen molar-refractivity contribution in [1.29, 1.82) is 0 Å². The molecule has 0 radical (unpaired) electrons. The number of rotatable bonds is 6.